The standard InChI is InChI=1S/C14H10BrCl3FN/c1-20-14(7-4-8(16)6-9(17)5-7)10-2-3-11(15)12(18)13(10)19/h2-6,14,20H,1H3. The fourth-order valence-electron chi connectivity index (χ4n) is 2.01. The lowest BCUT2D eigenvalue weighted by Crippen LogP contribution is -2.19. The van der Waals surface area contributed by atoms with Crippen LogP contribution in [0, 0.1) is 5.82 Å². The summed E-state index contributed by atoms with van der Waals surface area (Å²) in [5.41, 5.74) is 1.20. The van der Waals surface area contributed by atoms with Crippen molar-refractivity contribution in [3.8, 4) is 0 Å². The van der Waals surface area contributed by atoms with Crippen LogP contribution in [0.25, 0.3) is 0 Å². The Morgan fingerprint density at radius 3 is 2.25 bits per heavy atom. The second-order valence-electron chi connectivity index (χ2n) is 4.19. The minimum atomic E-state index is -0.475. The zero-order valence-corrected chi connectivity index (χ0v) is 14.2. The Morgan fingerprint density at radius 1 is 1.10 bits per heavy atom. The number of nitrogens with one attached hydrogen (secondary N) is 1. The van der Waals surface area contributed by atoms with Gasteiger partial charge in [-0.3, -0.25) is 0 Å². The monoisotopic (exact) mass is 395 g/mol. The van der Waals surface area contributed by atoms with Gasteiger partial charge in [-0.1, -0.05) is 40.9 Å². The van der Waals surface area contributed by atoms with Crippen LogP contribution in [0.1, 0.15) is 17.2 Å². The first-order valence-electron chi connectivity index (χ1n) is 5.70. The van der Waals surface area contributed by atoms with Crippen molar-refractivity contribution in [2.24, 2.45) is 0 Å². The molecule has 0 fully saturated rings. The fourth-order valence-corrected chi connectivity index (χ4v) is 3.03. The van der Waals surface area contributed by atoms with Crippen molar-refractivity contribution in [3.63, 3.8) is 0 Å². The van der Waals surface area contributed by atoms with Gasteiger partial charge in [0.1, 0.15) is 5.82 Å². The van der Waals surface area contributed by atoms with Gasteiger partial charge in [0.25, 0.3) is 0 Å². The lowest BCUT2D eigenvalue weighted by molar-refractivity contribution is 0.576. The van der Waals surface area contributed by atoms with Gasteiger partial charge in [0.2, 0.25) is 0 Å². The molecule has 1 unspecified atom stereocenters. The Morgan fingerprint density at radius 2 is 1.70 bits per heavy atom. The van der Waals surface area contributed by atoms with E-state index in [1.807, 2.05) is 0 Å². The molecule has 0 aliphatic heterocycles. The van der Waals surface area contributed by atoms with Gasteiger partial charge in [-0.05, 0) is 52.8 Å². The van der Waals surface area contributed by atoms with Gasteiger partial charge in [0.15, 0.2) is 0 Å². The molecule has 1 atom stereocenters. The Hall–Kier alpha value is -0.320. The summed E-state index contributed by atoms with van der Waals surface area (Å²) in [7, 11) is 1.73. The first kappa shape index (κ1) is 16.1. The highest BCUT2D eigenvalue weighted by Gasteiger charge is 2.20. The molecule has 0 saturated heterocycles. The largest absolute Gasteiger partial charge is 0.309 e. The maximum Gasteiger partial charge on any atom is 0.148 e. The Balaban J connectivity index is 2.55. The van der Waals surface area contributed by atoms with E-state index >= 15 is 0 Å². The van der Waals surface area contributed by atoms with E-state index in [0.717, 1.165) is 5.56 Å². The highest BCUT2D eigenvalue weighted by Crippen LogP contribution is 2.34. The lowest BCUT2D eigenvalue weighted by atomic mass is 9.98. The Kier molecular flexibility index (Phi) is 5.32. The third-order valence-electron chi connectivity index (χ3n) is 2.88. The van der Waals surface area contributed by atoms with E-state index in [1.54, 1.807) is 37.4 Å². The number of hydrogen-bond acceptors (Lipinski definition) is 1. The van der Waals surface area contributed by atoms with Crippen molar-refractivity contribution >= 4 is 50.7 Å². The molecule has 0 aromatic heterocycles. The number of halogens is 5. The van der Waals surface area contributed by atoms with E-state index in [9.17, 15) is 4.39 Å². The average Bonchev–Trinajstić information content (AvgIpc) is 2.38. The molecule has 1 N–H and O–H groups in total. The van der Waals surface area contributed by atoms with E-state index < -0.39 is 11.9 Å². The topological polar surface area (TPSA) is 12.0 Å². The summed E-state index contributed by atoms with van der Waals surface area (Å²) in [5, 5.41) is 4.09. The molecule has 0 saturated carbocycles. The molecular weight excluding hydrogens is 387 g/mol. The predicted octanol–water partition coefficient (Wildman–Crippen LogP) is 5.86. The maximum absolute atomic E-state index is 14.3. The van der Waals surface area contributed by atoms with Crippen molar-refractivity contribution in [2.75, 3.05) is 7.05 Å². The molecule has 0 bridgehead atoms. The predicted molar refractivity (Wildman–Crippen MR) is 86.5 cm³/mol. The van der Waals surface area contributed by atoms with Gasteiger partial charge >= 0.3 is 0 Å². The molecule has 0 spiro atoms. The minimum Gasteiger partial charge on any atom is -0.309 e. The van der Waals surface area contributed by atoms with Crippen molar-refractivity contribution < 1.29 is 4.39 Å². The average molecular weight is 398 g/mol. The zero-order valence-electron chi connectivity index (χ0n) is 10.4. The van der Waals surface area contributed by atoms with Crippen molar-refractivity contribution in [3.05, 3.63) is 66.8 Å². The summed E-state index contributed by atoms with van der Waals surface area (Å²) in [6, 6.07) is 8.09. The first-order chi connectivity index (χ1) is 9.43. The molecule has 0 aliphatic rings. The molecule has 106 valence electrons. The fraction of sp³-hybridized carbons (Fsp3) is 0.143. The molecule has 1 nitrogen and oxygen atoms in total. The van der Waals surface area contributed by atoms with Gasteiger partial charge < -0.3 is 5.32 Å². The third-order valence-corrected chi connectivity index (χ3v) is 4.58. The number of hydrogen-bond donors (Lipinski definition) is 1. The van der Waals surface area contributed by atoms with Crippen molar-refractivity contribution in [1.29, 1.82) is 0 Å². The SMILES string of the molecule is CNC(c1cc(Cl)cc(Cl)c1)c1ccc(Br)c(Cl)c1F. The summed E-state index contributed by atoms with van der Waals surface area (Å²) in [6.07, 6.45) is 0. The van der Waals surface area contributed by atoms with Crippen LogP contribution in [0.5, 0.6) is 0 Å². The highest BCUT2D eigenvalue weighted by molar-refractivity contribution is 9.10. The van der Waals surface area contributed by atoms with Gasteiger partial charge in [-0.2, -0.15) is 0 Å². The molecule has 6 heteroatoms. The van der Waals surface area contributed by atoms with Crippen LogP contribution >= 0.6 is 50.7 Å². The number of benzene rings is 2. The second kappa shape index (κ2) is 6.63. The summed E-state index contributed by atoms with van der Waals surface area (Å²) < 4.78 is 14.8. The van der Waals surface area contributed by atoms with Crippen molar-refractivity contribution in [2.45, 2.75) is 6.04 Å². The normalized spacial score (nSPS) is 12.5. The van der Waals surface area contributed by atoms with E-state index in [-0.39, 0.29) is 5.02 Å². The zero-order chi connectivity index (χ0) is 14.9. The van der Waals surface area contributed by atoms with Crippen molar-refractivity contribution in [1.82, 2.24) is 5.32 Å². The van der Waals surface area contributed by atoms with Gasteiger partial charge in [-0.25, -0.2) is 4.39 Å². The molecular formula is C14H10BrCl3FN. The third kappa shape index (κ3) is 3.29. The minimum absolute atomic E-state index is 0.0517. The van der Waals surface area contributed by atoms with Crippen LogP contribution in [0.15, 0.2) is 34.8 Å². The molecule has 2 aromatic carbocycles. The van der Waals surface area contributed by atoms with Crippen LogP contribution in [0.3, 0.4) is 0 Å². The summed E-state index contributed by atoms with van der Waals surface area (Å²) in [4.78, 5) is 0. The van der Waals surface area contributed by atoms with Crippen LogP contribution in [-0.2, 0) is 0 Å². The maximum atomic E-state index is 14.3. The van der Waals surface area contributed by atoms with E-state index in [4.69, 9.17) is 34.8 Å². The summed E-state index contributed by atoms with van der Waals surface area (Å²) in [6.45, 7) is 0. The smallest absolute Gasteiger partial charge is 0.148 e. The summed E-state index contributed by atoms with van der Waals surface area (Å²) >= 11 is 21.1. The second-order valence-corrected chi connectivity index (χ2v) is 6.29. The molecule has 0 aliphatic carbocycles. The first-order valence-corrected chi connectivity index (χ1v) is 7.63. The van der Waals surface area contributed by atoms with Crippen LogP contribution < -0.4 is 5.32 Å². The van der Waals surface area contributed by atoms with Gasteiger partial charge in [0, 0.05) is 20.1 Å². The quantitative estimate of drug-likeness (QED) is 0.640. The molecule has 0 radical (unpaired) electrons. The molecule has 2 aromatic rings. The Labute approximate surface area is 140 Å². The van der Waals surface area contributed by atoms with Crippen LogP contribution in [0.4, 0.5) is 4.39 Å². The number of rotatable bonds is 3. The molecule has 0 amide bonds. The lowest BCUT2D eigenvalue weighted by Gasteiger charge is -2.19. The van der Waals surface area contributed by atoms with Crippen LogP contribution in [-0.4, -0.2) is 7.05 Å². The van der Waals surface area contributed by atoms with E-state index in [1.165, 1.54) is 0 Å². The van der Waals surface area contributed by atoms with E-state index in [0.29, 0.717) is 20.1 Å². The summed E-state index contributed by atoms with van der Waals surface area (Å²) in [5.74, 6) is -0.475. The molecule has 0 heterocycles. The highest BCUT2D eigenvalue weighted by atomic mass is 79.9. The van der Waals surface area contributed by atoms with Gasteiger partial charge in [0.05, 0.1) is 11.1 Å². The van der Waals surface area contributed by atoms with E-state index in [2.05, 4.69) is 21.2 Å². The van der Waals surface area contributed by atoms with Crippen LogP contribution in [0.2, 0.25) is 15.1 Å². The van der Waals surface area contributed by atoms with Gasteiger partial charge in [-0.15, -0.1) is 0 Å². The Bertz CT molecular complexity index is 628. The molecule has 20 heavy (non-hydrogen) atoms. The molecule has 2 rings (SSSR count).